The molecule has 6 nitrogen and oxygen atoms in total. The largest absolute Gasteiger partial charge is 0.378 e. The molecule has 0 bridgehead atoms. The summed E-state index contributed by atoms with van der Waals surface area (Å²) < 4.78 is 6.70. The minimum absolute atomic E-state index is 0.0431. The normalized spacial score (nSPS) is 17.9. The lowest BCUT2D eigenvalue weighted by molar-refractivity contribution is -0.135. The van der Waals surface area contributed by atoms with E-state index in [0.717, 1.165) is 35.0 Å². The molecular weight excluding hydrogens is 302 g/mol. The molecule has 0 radical (unpaired) electrons. The Balaban J connectivity index is 1.66. The molecule has 116 valence electrons. The van der Waals surface area contributed by atoms with Gasteiger partial charge in [0.05, 0.1) is 24.9 Å². The van der Waals surface area contributed by atoms with E-state index in [2.05, 4.69) is 4.98 Å². The molecule has 22 heavy (non-hydrogen) atoms. The van der Waals surface area contributed by atoms with Crippen molar-refractivity contribution in [1.29, 1.82) is 0 Å². The average Bonchev–Trinajstić information content (AvgIpc) is 3.11. The second-order valence-electron chi connectivity index (χ2n) is 5.71. The number of amides is 1. The van der Waals surface area contributed by atoms with Gasteiger partial charge in [0.15, 0.2) is 0 Å². The summed E-state index contributed by atoms with van der Waals surface area (Å²) in [6.45, 7) is 2.38. The van der Waals surface area contributed by atoms with Crippen molar-refractivity contribution in [2.75, 3.05) is 26.3 Å². The number of nitrogens with zero attached hydrogens (tertiary/aromatic N) is 3. The van der Waals surface area contributed by atoms with E-state index in [1.54, 1.807) is 16.2 Å². The standard InChI is InChI=1S/C15H17N3O3S/c19-12(17-4-6-21-7-5-17)8-18-9-16-14-13(15(18)20)10-2-1-3-11(10)22-14/h9H,1-8H2. The van der Waals surface area contributed by atoms with E-state index in [1.807, 2.05) is 0 Å². The van der Waals surface area contributed by atoms with E-state index in [4.69, 9.17) is 4.74 Å². The maximum Gasteiger partial charge on any atom is 0.262 e. The SMILES string of the molecule is O=C(Cn1cnc2sc3c(c2c1=O)CCC3)N1CCOCC1. The number of aryl methyl sites for hydroxylation is 2. The van der Waals surface area contributed by atoms with Crippen molar-refractivity contribution in [3.63, 3.8) is 0 Å². The van der Waals surface area contributed by atoms with Crippen molar-refractivity contribution in [1.82, 2.24) is 14.5 Å². The Hall–Kier alpha value is -1.73. The van der Waals surface area contributed by atoms with Crippen LogP contribution in [0.5, 0.6) is 0 Å². The van der Waals surface area contributed by atoms with Crippen LogP contribution in [0.4, 0.5) is 0 Å². The molecule has 4 rings (SSSR count). The summed E-state index contributed by atoms with van der Waals surface area (Å²) in [5.74, 6) is -0.0431. The van der Waals surface area contributed by atoms with Crippen LogP contribution >= 0.6 is 11.3 Å². The molecule has 1 saturated heterocycles. The number of fused-ring (bicyclic) bond motifs is 3. The fraction of sp³-hybridized carbons (Fsp3) is 0.533. The first-order valence-corrected chi connectivity index (χ1v) is 8.41. The van der Waals surface area contributed by atoms with Crippen LogP contribution in [-0.2, 0) is 28.9 Å². The summed E-state index contributed by atoms with van der Waals surface area (Å²) in [5.41, 5.74) is 1.08. The maximum atomic E-state index is 12.7. The van der Waals surface area contributed by atoms with Gasteiger partial charge in [-0.3, -0.25) is 14.2 Å². The van der Waals surface area contributed by atoms with Gasteiger partial charge in [0, 0.05) is 18.0 Å². The molecule has 3 heterocycles. The van der Waals surface area contributed by atoms with Crippen molar-refractivity contribution in [2.45, 2.75) is 25.8 Å². The first-order chi connectivity index (χ1) is 10.7. The summed E-state index contributed by atoms with van der Waals surface area (Å²) in [5, 5.41) is 0.731. The number of ether oxygens (including phenoxy) is 1. The first-order valence-electron chi connectivity index (χ1n) is 7.59. The molecule has 7 heteroatoms. The molecule has 1 aliphatic heterocycles. The monoisotopic (exact) mass is 319 g/mol. The molecule has 1 amide bonds. The number of morpholine rings is 1. The first kappa shape index (κ1) is 13.9. The van der Waals surface area contributed by atoms with Gasteiger partial charge in [-0.15, -0.1) is 11.3 Å². The fourth-order valence-corrected chi connectivity index (χ4v) is 4.41. The number of hydrogen-bond donors (Lipinski definition) is 0. The second kappa shape index (κ2) is 5.48. The van der Waals surface area contributed by atoms with Crippen molar-refractivity contribution >= 4 is 27.5 Å². The topological polar surface area (TPSA) is 64.4 Å². The Morgan fingerprint density at radius 2 is 2.14 bits per heavy atom. The highest BCUT2D eigenvalue weighted by Crippen LogP contribution is 2.34. The highest BCUT2D eigenvalue weighted by molar-refractivity contribution is 7.18. The van der Waals surface area contributed by atoms with Gasteiger partial charge in [-0.2, -0.15) is 0 Å². The summed E-state index contributed by atoms with van der Waals surface area (Å²) in [4.78, 5) is 33.3. The number of thiophene rings is 1. The van der Waals surface area contributed by atoms with E-state index in [-0.39, 0.29) is 18.0 Å². The van der Waals surface area contributed by atoms with Crippen LogP contribution in [-0.4, -0.2) is 46.7 Å². The Kier molecular flexibility index (Phi) is 3.46. The lowest BCUT2D eigenvalue weighted by Gasteiger charge is -2.26. The van der Waals surface area contributed by atoms with Gasteiger partial charge in [-0.1, -0.05) is 0 Å². The van der Waals surface area contributed by atoms with Gasteiger partial charge in [0.25, 0.3) is 5.56 Å². The van der Waals surface area contributed by atoms with Gasteiger partial charge in [-0.05, 0) is 24.8 Å². The molecule has 2 aromatic heterocycles. The molecule has 1 aliphatic carbocycles. The third-order valence-corrected chi connectivity index (χ3v) is 5.56. The molecule has 0 N–H and O–H groups in total. The van der Waals surface area contributed by atoms with Gasteiger partial charge >= 0.3 is 0 Å². The zero-order valence-corrected chi connectivity index (χ0v) is 13.0. The molecule has 0 aromatic carbocycles. The summed E-state index contributed by atoms with van der Waals surface area (Å²) in [7, 11) is 0. The molecule has 0 spiro atoms. The van der Waals surface area contributed by atoms with Crippen LogP contribution in [0, 0.1) is 0 Å². The Labute approximate surface area is 131 Å². The van der Waals surface area contributed by atoms with E-state index < -0.39 is 0 Å². The predicted molar refractivity (Wildman–Crippen MR) is 83.3 cm³/mol. The predicted octanol–water partition coefficient (Wildman–Crippen LogP) is 0.806. The van der Waals surface area contributed by atoms with Crippen LogP contribution in [0.15, 0.2) is 11.1 Å². The van der Waals surface area contributed by atoms with Crippen LogP contribution in [0.25, 0.3) is 10.2 Å². The lowest BCUT2D eigenvalue weighted by Crippen LogP contribution is -2.43. The maximum absolute atomic E-state index is 12.7. The van der Waals surface area contributed by atoms with Crippen LogP contribution in [0.3, 0.4) is 0 Å². The number of carbonyl (C=O) groups excluding carboxylic acids is 1. The summed E-state index contributed by atoms with van der Waals surface area (Å²) in [6.07, 6.45) is 4.61. The van der Waals surface area contributed by atoms with Gasteiger partial charge in [0.1, 0.15) is 11.4 Å². The molecule has 0 atom stereocenters. The van der Waals surface area contributed by atoms with Crippen LogP contribution in [0.2, 0.25) is 0 Å². The Morgan fingerprint density at radius 3 is 2.95 bits per heavy atom. The van der Waals surface area contributed by atoms with Crippen LogP contribution in [0.1, 0.15) is 16.9 Å². The minimum Gasteiger partial charge on any atom is -0.378 e. The highest BCUT2D eigenvalue weighted by Gasteiger charge is 2.23. The van der Waals surface area contributed by atoms with Crippen molar-refractivity contribution in [3.8, 4) is 0 Å². The quantitative estimate of drug-likeness (QED) is 0.821. The average molecular weight is 319 g/mol. The van der Waals surface area contributed by atoms with E-state index in [1.165, 1.54) is 15.8 Å². The third-order valence-electron chi connectivity index (χ3n) is 4.36. The highest BCUT2D eigenvalue weighted by atomic mass is 32.1. The smallest absolute Gasteiger partial charge is 0.262 e. The zero-order valence-electron chi connectivity index (χ0n) is 12.2. The van der Waals surface area contributed by atoms with Crippen molar-refractivity contribution in [2.24, 2.45) is 0 Å². The molecule has 1 fully saturated rings. The molecule has 2 aromatic rings. The van der Waals surface area contributed by atoms with Gasteiger partial charge < -0.3 is 9.64 Å². The second-order valence-corrected chi connectivity index (χ2v) is 6.79. The van der Waals surface area contributed by atoms with E-state index in [9.17, 15) is 9.59 Å². The minimum atomic E-state index is -0.0778. The number of carbonyl (C=O) groups is 1. The lowest BCUT2D eigenvalue weighted by atomic mass is 10.2. The Bertz CT molecular complexity index is 789. The molecular formula is C15H17N3O3S. The van der Waals surface area contributed by atoms with E-state index in [0.29, 0.717) is 26.3 Å². The van der Waals surface area contributed by atoms with E-state index >= 15 is 0 Å². The fourth-order valence-electron chi connectivity index (χ4n) is 3.19. The number of rotatable bonds is 2. The van der Waals surface area contributed by atoms with Crippen molar-refractivity contribution < 1.29 is 9.53 Å². The number of hydrogen-bond acceptors (Lipinski definition) is 5. The molecule has 2 aliphatic rings. The summed E-state index contributed by atoms with van der Waals surface area (Å²) >= 11 is 1.62. The number of aromatic nitrogens is 2. The Morgan fingerprint density at radius 1 is 1.32 bits per heavy atom. The summed E-state index contributed by atoms with van der Waals surface area (Å²) in [6, 6.07) is 0. The molecule has 0 saturated carbocycles. The van der Waals surface area contributed by atoms with Gasteiger partial charge in [-0.25, -0.2) is 4.98 Å². The third kappa shape index (κ3) is 2.24. The van der Waals surface area contributed by atoms with Crippen LogP contribution < -0.4 is 5.56 Å². The van der Waals surface area contributed by atoms with Gasteiger partial charge in [0.2, 0.25) is 5.91 Å². The van der Waals surface area contributed by atoms with Crippen molar-refractivity contribution in [3.05, 3.63) is 27.1 Å². The molecule has 0 unspecified atom stereocenters. The zero-order chi connectivity index (χ0) is 15.1.